The Kier molecular flexibility index (Phi) is 10.0. The zero-order chi connectivity index (χ0) is 24.2. The Morgan fingerprint density at radius 2 is 1.64 bits per heavy atom. The number of rotatable bonds is 7. The van der Waals surface area contributed by atoms with Gasteiger partial charge in [0.1, 0.15) is 0 Å². The van der Waals surface area contributed by atoms with E-state index < -0.39 is 0 Å². The molecule has 2 nitrogen and oxygen atoms in total. The summed E-state index contributed by atoms with van der Waals surface area (Å²) in [5.74, 6) is 0. The van der Waals surface area contributed by atoms with Crippen LogP contribution in [-0.2, 0) is 0 Å². The van der Waals surface area contributed by atoms with Gasteiger partial charge >= 0.3 is 0 Å². The van der Waals surface area contributed by atoms with Gasteiger partial charge in [0, 0.05) is 10.5 Å². The van der Waals surface area contributed by atoms with Gasteiger partial charge in [0.05, 0.1) is 0 Å². The molecule has 3 rings (SSSR count). The van der Waals surface area contributed by atoms with Gasteiger partial charge < -0.3 is 5.73 Å². The van der Waals surface area contributed by atoms with Crippen molar-refractivity contribution in [2.45, 2.75) is 18.7 Å². The van der Waals surface area contributed by atoms with Crippen LogP contribution in [0.15, 0.2) is 96.9 Å². The minimum Gasteiger partial charge on any atom is -0.337 e. The predicted octanol–water partition coefficient (Wildman–Crippen LogP) is 8.43. The van der Waals surface area contributed by atoms with E-state index in [1.54, 1.807) is 11.8 Å². The van der Waals surface area contributed by atoms with Crippen molar-refractivity contribution in [2.75, 3.05) is 6.26 Å². The van der Waals surface area contributed by atoms with Gasteiger partial charge in [-0.15, -0.1) is 11.8 Å². The molecule has 0 amide bonds. The average molecular weight is 451 g/mol. The molecule has 0 atom stereocenters. The van der Waals surface area contributed by atoms with Crippen LogP contribution in [0.3, 0.4) is 0 Å². The van der Waals surface area contributed by atoms with Crippen molar-refractivity contribution >= 4 is 29.5 Å². The lowest BCUT2D eigenvalue weighted by Gasteiger charge is -2.15. The molecule has 0 heterocycles. The molecule has 0 fully saturated rings. The van der Waals surface area contributed by atoms with Crippen LogP contribution in [0.2, 0.25) is 0 Å². The molecule has 3 aromatic rings. The highest BCUT2D eigenvalue weighted by molar-refractivity contribution is 7.98. The van der Waals surface area contributed by atoms with Gasteiger partial charge in [0.25, 0.3) is 0 Å². The van der Waals surface area contributed by atoms with E-state index in [1.807, 2.05) is 32.1 Å². The second-order valence-electron chi connectivity index (χ2n) is 7.16. The number of benzene rings is 3. The lowest BCUT2D eigenvalue weighted by molar-refractivity contribution is 1.41. The third kappa shape index (κ3) is 6.38. The zero-order valence-electron chi connectivity index (χ0n) is 19.5. The van der Waals surface area contributed by atoms with Crippen LogP contribution >= 0.6 is 11.8 Å². The number of hydrogen-bond donors (Lipinski definition) is 1. The van der Waals surface area contributed by atoms with Crippen molar-refractivity contribution in [3.63, 3.8) is 0 Å². The third-order valence-corrected chi connectivity index (χ3v) is 5.90. The first kappa shape index (κ1) is 25.5. The van der Waals surface area contributed by atoms with Crippen molar-refractivity contribution < 1.29 is 0 Å². The fourth-order valence-electron chi connectivity index (χ4n) is 3.65. The maximum atomic E-state index is 7.10. The normalized spacial score (nSPS) is 10.5. The summed E-state index contributed by atoms with van der Waals surface area (Å²) >= 11 is 1.77. The Morgan fingerprint density at radius 3 is 2.21 bits per heavy atom. The molecule has 33 heavy (non-hydrogen) atoms. The second kappa shape index (κ2) is 13.0. The van der Waals surface area contributed by atoms with Gasteiger partial charge in [-0.1, -0.05) is 92.1 Å². The molecular formula is C30H30N2S. The molecular weight excluding hydrogens is 420 g/mol. The largest absolute Gasteiger partial charge is 0.337 e. The molecule has 0 aliphatic heterocycles. The van der Waals surface area contributed by atoms with Gasteiger partial charge in [-0.05, 0) is 71.2 Å². The fourth-order valence-corrected chi connectivity index (χ4v) is 4.29. The Morgan fingerprint density at radius 1 is 0.970 bits per heavy atom. The van der Waals surface area contributed by atoms with Gasteiger partial charge in [-0.25, -0.2) is 0 Å². The van der Waals surface area contributed by atoms with E-state index >= 15 is 0 Å². The van der Waals surface area contributed by atoms with Crippen LogP contribution < -0.4 is 5.73 Å². The van der Waals surface area contributed by atoms with E-state index in [-0.39, 0.29) is 0 Å². The van der Waals surface area contributed by atoms with Crippen molar-refractivity contribution in [3.05, 3.63) is 109 Å². The van der Waals surface area contributed by atoms with Gasteiger partial charge in [-0.3, -0.25) is 0 Å². The van der Waals surface area contributed by atoms with E-state index in [0.29, 0.717) is 0 Å². The quantitative estimate of drug-likeness (QED) is 0.170. The monoisotopic (exact) mass is 450 g/mol. The van der Waals surface area contributed by atoms with Crippen LogP contribution in [0.4, 0.5) is 0 Å². The summed E-state index contributed by atoms with van der Waals surface area (Å²) in [5.41, 5.74) is 13.5. The third-order valence-electron chi connectivity index (χ3n) is 5.12. The molecule has 3 heteroatoms. The molecule has 0 unspecified atom stereocenters. The number of nitrogens with zero attached hydrogens (tertiary/aromatic N) is 1. The number of nitrogens with two attached hydrogens (primary N) is 1. The Hall–Kier alpha value is -3.74. The highest BCUT2D eigenvalue weighted by Gasteiger charge is 2.12. The van der Waals surface area contributed by atoms with Gasteiger partial charge in [0.15, 0.2) is 6.19 Å². The summed E-state index contributed by atoms with van der Waals surface area (Å²) in [4.78, 5) is 1.26. The zero-order valence-corrected chi connectivity index (χ0v) is 20.3. The summed E-state index contributed by atoms with van der Waals surface area (Å²) in [7, 11) is 0. The van der Waals surface area contributed by atoms with Crippen molar-refractivity contribution in [1.29, 1.82) is 5.26 Å². The molecule has 0 spiro atoms. The summed E-state index contributed by atoms with van der Waals surface area (Å²) in [6, 6.07) is 21.7. The number of nitriles is 1. The predicted molar refractivity (Wildman–Crippen MR) is 148 cm³/mol. The molecule has 0 aromatic heterocycles. The average Bonchev–Trinajstić information content (AvgIpc) is 2.84. The van der Waals surface area contributed by atoms with Crippen molar-refractivity contribution in [2.24, 2.45) is 5.73 Å². The van der Waals surface area contributed by atoms with E-state index in [4.69, 9.17) is 5.26 Å². The SMILES string of the molecule is C=Cc1c(/C=C\C)ccc(SC)c1-c1ccc(-c2cccc(C(=C)/C=C\C)c2)cc1.N#CN. The van der Waals surface area contributed by atoms with E-state index in [1.165, 1.54) is 44.5 Å². The van der Waals surface area contributed by atoms with Crippen molar-refractivity contribution in [1.82, 2.24) is 0 Å². The molecule has 0 aliphatic rings. The Bertz CT molecular complexity index is 1210. The molecule has 166 valence electrons. The van der Waals surface area contributed by atoms with Crippen LogP contribution in [0.5, 0.6) is 0 Å². The summed E-state index contributed by atoms with van der Waals surface area (Å²) < 4.78 is 0. The van der Waals surface area contributed by atoms with Gasteiger partial charge in [0.2, 0.25) is 0 Å². The smallest absolute Gasteiger partial charge is 0.173 e. The summed E-state index contributed by atoms with van der Waals surface area (Å²) in [5, 5.41) is 7.10. The second-order valence-corrected chi connectivity index (χ2v) is 8.01. The highest BCUT2D eigenvalue weighted by Crippen LogP contribution is 2.37. The van der Waals surface area contributed by atoms with Gasteiger partial charge in [-0.2, -0.15) is 5.26 Å². The lowest BCUT2D eigenvalue weighted by atomic mass is 9.93. The first-order chi connectivity index (χ1) is 16.0. The van der Waals surface area contributed by atoms with Crippen LogP contribution in [0.1, 0.15) is 30.5 Å². The molecule has 3 aromatic carbocycles. The first-order valence-electron chi connectivity index (χ1n) is 10.6. The van der Waals surface area contributed by atoms with E-state index in [2.05, 4.69) is 98.0 Å². The molecule has 0 radical (unpaired) electrons. The standard InChI is InChI=1S/C29H28S.CH2N2/c1-6-10-21(4)25-12-9-13-26(20-25)22-14-16-24(17-15-22)29-27(8-3)23(11-7-2)18-19-28(29)30-5;2-1-3/h6-20H,3-4H2,1-2,5H3;2H2/b10-6-,11-7-;. The minimum absolute atomic E-state index is 1.03. The molecule has 2 N–H and O–H groups in total. The molecule has 0 bridgehead atoms. The van der Waals surface area contributed by atoms with Crippen LogP contribution in [0, 0.1) is 11.5 Å². The highest BCUT2D eigenvalue weighted by atomic mass is 32.2. The number of hydrogen-bond acceptors (Lipinski definition) is 3. The molecule has 0 saturated heterocycles. The fraction of sp³-hybridized carbons (Fsp3) is 0.100. The minimum atomic E-state index is 1.03. The van der Waals surface area contributed by atoms with Crippen molar-refractivity contribution in [3.8, 4) is 28.4 Å². The lowest BCUT2D eigenvalue weighted by Crippen LogP contribution is -1.91. The van der Waals surface area contributed by atoms with Crippen LogP contribution in [0.25, 0.3) is 40.0 Å². The Balaban J connectivity index is 0.00000122. The topological polar surface area (TPSA) is 49.8 Å². The maximum absolute atomic E-state index is 7.10. The number of thioether (sulfide) groups is 1. The number of allylic oxidation sites excluding steroid dienone is 4. The summed E-state index contributed by atoms with van der Waals surface area (Å²) in [6.07, 6.45) is 13.6. The van der Waals surface area contributed by atoms with E-state index in [0.717, 1.165) is 11.1 Å². The van der Waals surface area contributed by atoms with E-state index in [9.17, 15) is 0 Å². The summed E-state index contributed by atoms with van der Waals surface area (Å²) in [6.45, 7) is 12.3. The molecule has 0 aliphatic carbocycles. The maximum Gasteiger partial charge on any atom is 0.173 e. The Labute approximate surface area is 202 Å². The van der Waals surface area contributed by atoms with Crippen LogP contribution in [-0.4, -0.2) is 6.26 Å². The first-order valence-corrected chi connectivity index (χ1v) is 11.9. The molecule has 0 saturated carbocycles.